The van der Waals surface area contributed by atoms with E-state index >= 15 is 0 Å². The van der Waals surface area contributed by atoms with Crippen LogP contribution in [0.25, 0.3) is 11.4 Å². The second-order valence-corrected chi connectivity index (χ2v) is 6.96. The number of ether oxygens (including phenoxy) is 3. The Hall–Kier alpha value is -3.46. The van der Waals surface area contributed by atoms with Crippen molar-refractivity contribution in [3.05, 3.63) is 58.0 Å². The highest BCUT2D eigenvalue weighted by Gasteiger charge is 2.23. The van der Waals surface area contributed by atoms with Crippen molar-refractivity contribution in [2.75, 3.05) is 27.9 Å². The fraction of sp³-hybridized carbons (Fsp3) is 0.333. The van der Waals surface area contributed by atoms with Gasteiger partial charge in [-0.05, 0) is 24.1 Å². The number of H-pyrrole nitrogens is 1. The van der Waals surface area contributed by atoms with Crippen molar-refractivity contribution in [2.24, 2.45) is 0 Å². The molecule has 0 aliphatic carbocycles. The highest BCUT2D eigenvalue weighted by atomic mass is 16.5. The molecule has 1 aliphatic heterocycles. The Morgan fingerprint density at radius 1 is 1.07 bits per heavy atom. The Balaban J connectivity index is 1.60. The third-order valence-electron chi connectivity index (χ3n) is 5.12. The number of nitrogens with zero attached hydrogens (tertiary/aromatic N) is 4. The molecule has 0 unspecified atom stereocenters. The number of aromatic nitrogens is 4. The van der Waals surface area contributed by atoms with E-state index in [0.717, 1.165) is 23.4 Å². The molecule has 4 rings (SSSR count). The van der Waals surface area contributed by atoms with Gasteiger partial charge in [0.25, 0.3) is 5.56 Å². The highest BCUT2D eigenvalue weighted by molar-refractivity contribution is 5.54. The van der Waals surface area contributed by atoms with Crippen LogP contribution in [0.2, 0.25) is 0 Å². The minimum atomic E-state index is -0.105. The van der Waals surface area contributed by atoms with E-state index in [1.807, 2.05) is 12.1 Å². The van der Waals surface area contributed by atoms with E-state index in [0.29, 0.717) is 48.1 Å². The highest BCUT2D eigenvalue weighted by Crippen LogP contribution is 2.38. The van der Waals surface area contributed by atoms with E-state index in [1.165, 1.54) is 6.33 Å². The van der Waals surface area contributed by atoms with Crippen molar-refractivity contribution in [3.63, 3.8) is 0 Å². The number of nitrogens with one attached hydrogen (secondary N) is 1. The molecule has 0 bridgehead atoms. The van der Waals surface area contributed by atoms with E-state index in [9.17, 15) is 4.79 Å². The summed E-state index contributed by atoms with van der Waals surface area (Å²) in [6.07, 6.45) is 5.34. The molecule has 0 radical (unpaired) electrons. The molecule has 1 N–H and O–H groups in total. The first-order chi connectivity index (χ1) is 14.6. The Bertz CT molecular complexity index is 1080. The van der Waals surface area contributed by atoms with E-state index < -0.39 is 0 Å². The van der Waals surface area contributed by atoms with Crippen LogP contribution in [0.1, 0.15) is 16.8 Å². The summed E-state index contributed by atoms with van der Waals surface area (Å²) in [6, 6.07) is 3.88. The van der Waals surface area contributed by atoms with Crippen LogP contribution in [0.3, 0.4) is 0 Å². The molecule has 9 heteroatoms. The summed E-state index contributed by atoms with van der Waals surface area (Å²) in [5.74, 6) is 2.28. The van der Waals surface area contributed by atoms with Crippen LogP contribution in [-0.2, 0) is 19.5 Å². The Labute approximate surface area is 173 Å². The van der Waals surface area contributed by atoms with Crippen LogP contribution in [0.15, 0.2) is 35.6 Å². The van der Waals surface area contributed by atoms with Gasteiger partial charge < -0.3 is 19.2 Å². The van der Waals surface area contributed by atoms with Gasteiger partial charge in [-0.1, -0.05) is 0 Å². The normalized spacial score (nSPS) is 13.6. The van der Waals surface area contributed by atoms with E-state index in [-0.39, 0.29) is 5.56 Å². The fourth-order valence-electron chi connectivity index (χ4n) is 3.67. The predicted octanol–water partition coefficient (Wildman–Crippen LogP) is 1.81. The van der Waals surface area contributed by atoms with Crippen molar-refractivity contribution in [2.45, 2.75) is 19.5 Å². The zero-order valence-electron chi connectivity index (χ0n) is 17.1. The molecule has 1 aromatic carbocycles. The lowest BCUT2D eigenvalue weighted by Crippen LogP contribution is -2.35. The van der Waals surface area contributed by atoms with Crippen LogP contribution in [-0.4, -0.2) is 52.7 Å². The molecular weight excluding hydrogens is 386 g/mol. The summed E-state index contributed by atoms with van der Waals surface area (Å²) in [5, 5.41) is 0. The molecule has 0 saturated carbocycles. The number of hydrogen-bond acceptors (Lipinski definition) is 8. The van der Waals surface area contributed by atoms with E-state index in [4.69, 9.17) is 14.2 Å². The van der Waals surface area contributed by atoms with Gasteiger partial charge in [0.2, 0.25) is 5.75 Å². The predicted molar refractivity (Wildman–Crippen MR) is 110 cm³/mol. The standard InChI is InChI=1S/C21H23N5O4/c1-28-17-6-13(7-18(29-2)19(17)30-3)10-26-5-4-15-16(11-26)24-20(25-21(15)27)14-8-22-12-23-9-14/h6-9,12H,4-5,10-11H2,1-3H3,(H,24,25,27). The van der Waals surface area contributed by atoms with E-state index in [2.05, 4.69) is 24.8 Å². The SMILES string of the molecule is COc1cc(CN2CCc3c(nc(-c4cncnc4)[nH]c3=O)C2)cc(OC)c1OC. The molecule has 3 heterocycles. The summed E-state index contributed by atoms with van der Waals surface area (Å²) in [7, 11) is 4.78. The summed E-state index contributed by atoms with van der Waals surface area (Å²) >= 11 is 0. The third-order valence-corrected chi connectivity index (χ3v) is 5.12. The number of hydrogen-bond donors (Lipinski definition) is 1. The number of aromatic amines is 1. The van der Waals surface area contributed by atoms with Crippen molar-refractivity contribution in [1.29, 1.82) is 0 Å². The van der Waals surface area contributed by atoms with Gasteiger partial charge in [0.15, 0.2) is 11.5 Å². The van der Waals surface area contributed by atoms with Crippen LogP contribution < -0.4 is 19.8 Å². The van der Waals surface area contributed by atoms with Crippen LogP contribution >= 0.6 is 0 Å². The van der Waals surface area contributed by atoms with Gasteiger partial charge in [0.05, 0.1) is 32.6 Å². The number of methoxy groups -OCH3 is 3. The monoisotopic (exact) mass is 409 g/mol. The summed E-state index contributed by atoms with van der Waals surface area (Å²) in [6.45, 7) is 1.98. The lowest BCUT2D eigenvalue weighted by molar-refractivity contribution is 0.239. The molecule has 0 spiro atoms. The number of rotatable bonds is 6. The number of benzene rings is 1. The first kappa shape index (κ1) is 19.8. The maximum absolute atomic E-state index is 12.6. The van der Waals surface area contributed by atoms with Gasteiger partial charge >= 0.3 is 0 Å². The molecule has 1 aliphatic rings. The fourth-order valence-corrected chi connectivity index (χ4v) is 3.67. The van der Waals surface area contributed by atoms with E-state index in [1.54, 1.807) is 33.7 Å². The molecule has 30 heavy (non-hydrogen) atoms. The minimum absolute atomic E-state index is 0.105. The topological polar surface area (TPSA) is 102 Å². The lowest BCUT2D eigenvalue weighted by Gasteiger charge is -2.28. The van der Waals surface area contributed by atoms with Crippen molar-refractivity contribution in [3.8, 4) is 28.6 Å². The lowest BCUT2D eigenvalue weighted by atomic mass is 10.0. The van der Waals surface area contributed by atoms with Crippen molar-refractivity contribution >= 4 is 0 Å². The average molecular weight is 409 g/mol. The molecule has 0 amide bonds. The number of fused-ring (bicyclic) bond motifs is 1. The van der Waals surface area contributed by atoms with Gasteiger partial charge in [-0.25, -0.2) is 15.0 Å². The van der Waals surface area contributed by atoms with Gasteiger partial charge in [-0.2, -0.15) is 0 Å². The van der Waals surface area contributed by atoms with Gasteiger partial charge in [-0.3, -0.25) is 9.69 Å². The van der Waals surface area contributed by atoms with Crippen LogP contribution in [0.5, 0.6) is 17.2 Å². The molecule has 0 fully saturated rings. The van der Waals surface area contributed by atoms with Gasteiger partial charge in [0.1, 0.15) is 12.2 Å². The molecule has 2 aromatic heterocycles. The summed E-state index contributed by atoms with van der Waals surface area (Å²) in [4.78, 5) is 30.3. The quantitative estimate of drug-likeness (QED) is 0.658. The summed E-state index contributed by atoms with van der Waals surface area (Å²) in [5.41, 5.74) is 3.10. The molecule has 0 saturated heterocycles. The first-order valence-electron chi connectivity index (χ1n) is 9.51. The molecular formula is C21H23N5O4. The van der Waals surface area contributed by atoms with Crippen LogP contribution in [0, 0.1) is 0 Å². The minimum Gasteiger partial charge on any atom is -0.493 e. The Morgan fingerprint density at radius 3 is 2.40 bits per heavy atom. The van der Waals surface area contributed by atoms with Gasteiger partial charge in [0, 0.05) is 37.6 Å². The third kappa shape index (κ3) is 3.84. The van der Waals surface area contributed by atoms with Gasteiger partial charge in [-0.15, -0.1) is 0 Å². The first-order valence-corrected chi connectivity index (χ1v) is 9.51. The zero-order valence-corrected chi connectivity index (χ0v) is 17.1. The summed E-state index contributed by atoms with van der Waals surface area (Å²) < 4.78 is 16.3. The maximum atomic E-state index is 12.6. The Morgan fingerprint density at radius 2 is 1.77 bits per heavy atom. The zero-order chi connectivity index (χ0) is 21.1. The van der Waals surface area contributed by atoms with Crippen LogP contribution in [0.4, 0.5) is 0 Å². The van der Waals surface area contributed by atoms with Crippen molar-refractivity contribution < 1.29 is 14.2 Å². The second kappa shape index (κ2) is 8.50. The molecule has 9 nitrogen and oxygen atoms in total. The largest absolute Gasteiger partial charge is 0.493 e. The smallest absolute Gasteiger partial charge is 0.254 e. The van der Waals surface area contributed by atoms with Crippen molar-refractivity contribution in [1.82, 2.24) is 24.8 Å². The maximum Gasteiger partial charge on any atom is 0.254 e. The Kier molecular flexibility index (Phi) is 5.62. The second-order valence-electron chi connectivity index (χ2n) is 6.96. The molecule has 3 aromatic rings. The molecule has 156 valence electrons. The average Bonchev–Trinajstić information content (AvgIpc) is 2.78. The molecule has 0 atom stereocenters.